The van der Waals surface area contributed by atoms with Crippen LogP contribution in [0.2, 0.25) is 0 Å². The summed E-state index contributed by atoms with van der Waals surface area (Å²) in [5, 5.41) is 39.3. The van der Waals surface area contributed by atoms with Crippen molar-refractivity contribution in [1.29, 1.82) is 0 Å². The summed E-state index contributed by atoms with van der Waals surface area (Å²) >= 11 is 0. The molecule has 61 heavy (non-hydrogen) atoms. The number of nitrogens with one attached hydrogen (secondary N) is 2. The Morgan fingerprint density at radius 3 is 0.836 bits per heavy atom. The number of nitrogens with zero attached hydrogens (tertiary/aromatic N) is 6. The minimum absolute atomic E-state index is 0. The van der Waals surface area contributed by atoms with Crippen LogP contribution in [0.25, 0.3) is 90.9 Å². The molecule has 8 bridgehead atoms. The quantitative estimate of drug-likeness (QED) is 0.0721. The molecule has 7 aromatic rings. The topological polar surface area (TPSA) is 190 Å². The molecule has 7 aromatic heterocycles. The number of pyridine rings is 4. The van der Waals surface area contributed by atoms with Crippen molar-refractivity contribution in [2.24, 2.45) is 0 Å². The van der Waals surface area contributed by atoms with Crippen LogP contribution in [0.1, 0.15) is 45.6 Å². The Morgan fingerprint density at radius 2 is 0.607 bits per heavy atom. The Labute approximate surface area is 357 Å². The standard InChI is InChI=1S/C48H42N8O4.ClH/c57-21-13-33-25-29(9-17-49-33)45-37-1-2-38(53-37)46(30-10-18-50-34(26-30)14-22-58)40-5-6-42(55-40)48(32-12-20-52-36(28-32)16-24-60)44-8-7-43(56-44)47(41-4-3-39(45)54-41)31-11-19-51-35(27-31)15-23-59;/h1-12,17-20,25-28,53,56-60H,13-16,21-24H2;1H. The summed E-state index contributed by atoms with van der Waals surface area (Å²) in [6.45, 7) is -0.114. The number of fused-ring (bicyclic) bond motifs is 8. The molecule has 0 aliphatic carbocycles. The average molecular weight is 831 g/mol. The number of aromatic amines is 2. The Hall–Kier alpha value is -6.67. The van der Waals surface area contributed by atoms with Gasteiger partial charge in [-0.3, -0.25) is 19.9 Å². The monoisotopic (exact) mass is 830 g/mol. The van der Waals surface area contributed by atoms with Crippen LogP contribution in [0, 0.1) is 0 Å². The molecule has 2 aliphatic heterocycles. The van der Waals surface area contributed by atoms with Gasteiger partial charge in [0, 0.05) is 144 Å². The summed E-state index contributed by atoms with van der Waals surface area (Å²) < 4.78 is 0. The van der Waals surface area contributed by atoms with E-state index in [4.69, 9.17) is 9.97 Å². The van der Waals surface area contributed by atoms with Gasteiger partial charge in [0.1, 0.15) is 0 Å². The van der Waals surface area contributed by atoms with Crippen molar-refractivity contribution in [3.63, 3.8) is 0 Å². The Morgan fingerprint density at radius 1 is 0.361 bits per heavy atom. The summed E-state index contributed by atoms with van der Waals surface area (Å²) in [4.78, 5) is 36.3. The fourth-order valence-electron chi connectivity index (χ4n) is 7.96. The normalized spacial score (nSPS) is 11.9. The number of hydrogen-bond donors (Lipinski definition) is 6. The lowest BCUT2D eigenvalue weighted by Gasteiger charge is -2.09. The Kier molecular flexibility index (Phi) is 12.3. The van der Waals surface area contributed by atoms with Crippen molar-refractivity contribution in [2.45, 2.75) is 25.7 Å². The molecular formula is C48H43ClN8O4. The van der Waals surface area contributed by atoms with Crippen LogP contribution in [0.3, 0.4) is 0 Å². The second-order valence-electron chi connectivity index (χ2n) is 14.5. The molecule has 0 unspecified atom stereocenters. The zero-order valence-corrected chi connectivity index (χ0v) is 33.9. The molecule has 2 aliphatic rings. The molecule has 0 amide bonds. The van der Waals surface area contributed by atoms with Crippen molar-refractivity contribution in [3.8, 4) is 44.5 Å². The van der Waals surface area contributed by atoms with Crippen molar-refractivity contribution < 1.29 is 20.4 Å². The van der Waals surface area contributed by atoms with Gasteiger partial charge in [-0.1, -0.05) is 0 Å². The fourth-order valence-corrected chi connectivity index (χ4v) is 7.96. The lowest BCUT2D eigenvalue weighted by atomic mass is 10.0. The van der Waals surface area contributed by atoms with E-state index < -0.39 is 0 Å². The van der Waals surface area contributed by atoms with Crippen LogP contribution in [0.15, 0.2) is 97.6 Å². The number of aromatic nitrogens is 8. The van der Waals surface area contributed by atoms with Gasteiger partial charge in [-0.25, -0.2) is 9.97 Å². The van der Waals surface area contributed by atoms with E-state index in [2.05, 4.69) is 29.9 Å². The molecule has 0 atom stereocenters. The van der Waals surface area contributed by atoms with E-state index in [0.29, 0.717) is 25.7 Å². The van der Waals surface area contributed by atoms with Gasteiger partial charge in [0.05, 0.1) is 22.8 Å². The summed E-state index contributed by atoms with van der Waals surface area (Å²) in [6, 6.07) is 24.0. The van der Waals surface area contributed by atoms with Crippen LogP contribution in [-0.2, 0) is 25.7 Å². The maximum absolute atomic E-state index is 9.82. The zero-order valence-electron chi connectivity index (χ0n) is 33.1. The fraction of sp³-hybridized carbons (Fsp3) is 0.167. The van der Waals surface area contributed by atoms with Gasteiger partial charge in [-0.15, -0.1) is 12.4 Å². The second-order valence-corrected chi connectivity index (χ2v) is 14.5. The van der Waals surface area contributed by atoms with E-state index >= 15 is 0 Å². The van der Waals surface area contributed by atoms with Crippen LogP contribution >= 0.6 is 12.4 Å². The third-order valence-corrected chi connectivity index (χ3v) is 10.6. The molecule has 9 heterocycles. The minimum atomic E-state index is -0.0286. The molecule has 0 saturated carbocycles. The van der Waals surface area contributed by atoms with Gasteiger partial charge < -0.3 is 30.4 Å². The number of aliphatic hydroxyl groups is 4. The van der Waals surface area contributed by atoms with Crippen molar-refractivity contribution in [1.82, 2.24) is 39.9 Å². The summed E-state index contributed by atoms with van der Waals surface area (Å²) in [7, 11) is 0. The minimum Gasteiger partial charge on any atom is -0.396 e. The second kappa shape index (κ2) is 18.3. The predicted molar refractivity (Wildman–Crippen MR) is 242 cm³/mol. The van der Waals surface area contributed by atoms with E-state index in [1.54, 1.807) is 24.8 Å². The van der Waals surface area contributed by atoms with Crippen LogP contribution in [0.4, 0.5) is 0 Å². The van der Waals surface area contributed by atoms with Gasteiger partial charge in [-0.05, 0) is 119 Å². The summed E-state index contributed by atoms with van der Waals surface area (Å²) in [5.41, 5.74) is 16.1. The first kappa shape index (κ1) is 41.1. The molecule has 6 N–H and O–H groups in total. The highest BCUT2D eigenvalue weighted by Gasteiger charge is 2.20. The Balaban J connectivity index is 0.00000514. The zero-order chi connectivity index (χ0) is 41.0. The smallest absolute Gasteiger partial charge is 0.0737 e. The number of aliphatic hydroxyl groups excluding tert-OH is 4. The van der Waals surface area contributed by atoms with Crippen molar-refractivity contribution in [2.75, 3.05) is 26.4 Å². The first-order chi connectivity index (χ1) is 29.5. The molecule has 13 heteroatoms. The third-order valence-electron chi connectivity index (χ3n) is 10.6. The number of halogens is 1. The predicted octanol–water partition coefficient (Wildman–Crippen LogP) is 7.46. The lowest BCUT2D eigenvalue weighted by molar-refractivity contribution is 0.298. The van der Waals surface area contributed by atoms with E-state index in [1.807, 2.05) is 97.1 Å². The molecule has 0 radical (unpaired) electrons. The summed E-state index contributed by atoms with van der Waals surface area (Å²) in [5.74, 6) is 0. The SMILES string of the molecule is Cl.OCCc1cc(-c2c3nc(c(-c4ccnc(CCO)c4)c4ccc([nH]4)c(-c4ccnc(CCO)c4)c4nc(c(-c5ccnc(CCO)c5)c5ccc2[nH]5)C=C4)C=C3)ccn1. The lowest BCUT2D eigenvalue weighted by Crippen LogP contribution is -1.96. The maximum Gasteiger partial charge on any atom is 0.0737 e. The average Bonchev–Trinajstić information content (AvgIpc) is 4.10. The van der Waals surface area contributed by atoms with E-state index in [-0.39, 0.29) is 38.8 Å². The highest BCUT2D eigenvalue weighted by molar-refractivity contribution is 5.99. The molecule has 0 aromatic carbocycles. The third kappa shape index (κ3) is 8.40. The molecule has 0 saturated heterocycles. The van der Waals surface area contributed by atoms with Gasteiger partial charge in [0.2, 0.25) is 0 Å². The number of hydrogen-bond acceptors (Lipinski definition) is 10. The van der Waals surface area contributed by atoms with Gasteiger partial charge in [-0.2, -0.15) is 0 Å². The van der Waals surface area contributed by atoms with Crippen LogP contribution in [-0.4, -0.2) is 86.7 Å². The molecule has 0 fully saturated rings. The van der Waals surface area contributed by atoms with Crippen LogP contribution in [0.5, 0.6) is 0 Å². The molecule has 9 rings (SSSR count). The Bertz CT molecular complexity index is 2590. The van der Waals surface area contributed by atoms with E-state index in [9.17, 15) is 20.4 Å². The van der Waals surface area contributed by atoms with E-state index in [0.717, 1.165) is 112 Å². The number of rotatable bonds is 12. The van der Waals surface area contributed by atoms with Gasteiger partial charge >= 0.3 is 0 Å². The summed E-state index contributed by atoms with van der Waals surface area (Å²) in [6.07, 6.45) is 16.7. The van der Waals surface area contributed by atoms with Crippen LogP contribution < -0.4 is 0 Å². The molecular weight excluding hydrogens is 788 g/mol. The first-order valence-electron chi connectivity index (χ1n) is 19.9. The highest BCUT2D eigenvalue weighted by atomic mass is 35.5. The van der Waals surface area contributed by atoms with E-state index in [1.165, 1.54) is 0 Å². The largest absolute Gasteiger partial charge is 0.396 e. The highest BCUT2D eigenvalue weighted by Crippen LogP contribution is 2.38. The van der Waals surface area contributed by atoms with Crippen molar-refractivity contribution >= 4 is 58.8 Å². The molecule has 12 nitrogen and oxygen atoms in total. The molecule has 306 valence electrons. The van der Waals surface area contributed by atoms with Gasteiger partial charge in [0.15, 0.2) is 0 Å². The number of H-pyrrole nitrogens is 2. The van der Waals surface area contributed by atoms with Gasteiger partial charge in [0.25, 0.3) is 0 Å². The van der Waals surface area contributed by atoms with Crippen molar-refractivity contribution in [3.05, 3.63) is 143 Å². The molecule has 0 spiro atoms. The maximum atomic E-state index is 9.82. The first-order valence-corrected chi connectivity index (χ1v) is 19.9.